The van der Waals surface area contributed by atoms with Crippen molar-refractivity contribution in [2.45, 2.75) is 19.8 Å². The second-order valence-corrected chi connectivity index (χ2v) is 8.50. The number of sulfonamides is 1. The van der Waals surface area contributed by atoms with E-state index in [1.165, 1.54) is 6.26 Å². The van der Waals surface area contributed by atoms with E-state index in [1.54, 1.807) is 18.5 Å². The first kappa shape index (κ1) is 21.3. The van der Waals surface area contributed by atoms with Crippen molar-refractivity contribution >= 4 is 21.7 Å². The van der Waals surface area contributed by atoms with Crippen LogP contribution in [0.15, 0.2) is 23.2 Å². The van der Waals surface area contributed by atoms with Gasteiger partial charge in [-0.15, -0.1) is 0 Å². The number of benzene rings is 1. The number of guanidine groups is 1. The van der Waals surface area contributed by atoms with Crippen molar-refractivity contribution in [2.24, 2.45) is 10.9 Å². The molecule has 1 aromatic rings. The SMILES string of the molecule is CCNC(=NCC1CCN(S(C)(=O)=O)CC1)Nc1ccc(OC)c(OC)c1. The molecule has 152 valence electrons. The molecule has 2 N–H and O–H groups in total. The molecule has 1 aliphatic rings. The highest BCUT2D eigenvalue weighted by atomic mass is 32.2. The van der Waals surface area contributed by atoms with Gasteiger partial charge in [-0.25, -0.2) is 12.7 Å². The maximum atomic E-state index is 11.6. The van der Waals surface area contributed by atoms with Crippen molar-refractivity contribution in [1.82, 2.24) is 9.62 Å². The van der Waals surface area contributed by atoms with E-state index in [0.717, 1.165) is 25.1 Å². The number of methoxy groups -OCH3 is 2. The Morgan fingerprint density at radius 2 is 1.89 bits per heavy atom. The lowest BCUT2D eigenvalue weighted by atomic mass is 9.98. The molecule has 1 aromatic carbocycles. The van der Waals surface area contributed by atoms with E-state index in [4.69, 9.17) is 9.47 Å². The summed E-state index contributed by atoms with van der Waals surface area (Å²) in [6, 6.07) is 5.60. The van der Waals surface area contributed by atoms with Gasteiger partial charge in [0.1, 0.15) is 0 Å². The lowest BCUT2D eigenvalue weighted by Gasteiger charge is -2.29. The fraction of sp³-hybridized carbons (Fsp3) is 0.611. The number of aliphatic imine (C=N–C) groups is 1. The minimum absolute atomic E-state index is 0.379. The number of hydrogen-bond acceptors (Lipinski definition) is 5. The maximum Gasteiger partial charge on any atom is 0.211 e. The molecular formula is C18H30N4O4S. The van der Waals surface area contributed by atoms with Gasteiger partial charge in [-0.05, 0) is 37.8 Å². The summed E-state index contributed by atoms with van der Waals surface area (Å²) in [5.74, 6) is 2.38. The molecular weight excluding hydrogens is 368 g/mol. The van der Waals surface area contributed by atoms with E-state index in [2.05, 4.69) is 15.6 Å². The second-order valence-electron chi connectivity index (χ2n) is 6.52. The Morgan fingerprint density at radius 1 is 1.22 bits per heavy atom. The molecule has 0 unspecified atom stereocenters. The fourth-order valence-corrected chi connectivity index (χ4v) is 3.88. The molecule has 0 aliphatic carbocycles. The van der Waals surface area contributed by atoms with Gasteiger partial charge in [0.25, 0.3) is 0 Å². The van der Waals surface area contributed by atoms with E-state index >= 15 is 0 Å². The topological polar surface area (TPSA) is 92.3 Å². The first-order valence-electron chi connectivity index (χ1n) is 9.09. The zero-order valence-corrected chi connectivity index (χ0v) is 17.3. The maximum absolute atomic E-state index is 11.6. The molecule has 1 heterocycles. The Balaban J connectivity index is 1.99. The highest BCUT2D eigenvalue weighted by molar-refractivity contribution is 7.88. The van der Waals surface area contributed by atoms with Crippen LogP contribution < -0.4 is 20.1 Å². The van der Waals surface area contributed by atoms with Crippen LogP contribution in [0.3, 0.4) is 0 Å². The van der Waals surface area contributed by atoms with Gasteiger partial charge in [0, 0.05) is 37.9 Å². The predicted octanol–water partition coefficient (Wildman–Crippen LogP) is 1.75. The highest BCUT2D eigenvalue weighted by Gasteiger charge is 2.24. The van der Waals surface area contributed by atoms with Crippen molar-refractivity contribution in [2.75, 3.05) is 52.0 Å². The number of nitrogens with zero attached hydrogens (tertiary/aromatic N) is 2. The minimum atomic E-state index is -3.09. The van der Waals surface area contributed by atoms with Gasteiger partial charge in [-0.2, -0.15) is 0 Å². The van der Waals surface area contributed by atoms with Crippen LogP contribution in [0.25, 0.3) is 0 Å². The summed E-state index contributed by atoms with van der Waals surface area (Å²) in [5.41, 5.74) is 0.847. The molecule has 1 saturated heterocycles. The summed E-state index contributed by atoms with van der Waals surface area (Å²) in [4.78, 5) is 4.67. The quantitative estimate of drug-likeness (QED) is 0.537. The molecule has 2 rings (SSSR count). The predicted molar refractivity (Wildman–Crippen MR) is 108 cm³/mol. The third-order valence-electron chi connectivity index (χ3n) is 4.54. The molecule has 27 heavy (non-hydrogen) atoms. The van der Waals surface area contributed by atoms with E-state index < -0.39 is 10.0 Å². The van der Waals surface area contributed by atoms with Crippen molar-refractivity contribution in [3.05, 3.63) is 18.2 Å². The molecule has 0 spiro atoms. The lowest BCUT2D eigenvalue weighted by molar-refractivity contribution is 0.280. The van der Waals surface area contributed by atoms with E-state index in [9.17, 15) is 8.42 Å². The summed E-state index contributed by atoms with van der Waals surface area (Å²) in [7, 11) is 0.112. The Kier molecular flexibility index (Phi) is 7.73. The number of rotatable bonds is 7. The average molecular weight is 399 g/mol. The van der Waals surface area contributed by atoms with E-state index in [0.29, 0.717) is 43.0 Å². The largest absolute Gasteiger partial charge is 0.493 e. The number of nitrogens with one attached hydrogen (secondary N) is 2. The molecule has 0 aromatic heterocycles. The monoisotopic (exact) mass is 398 g/mol. The van der Waals surface area contributed by atoms with Gasteiger partial charge in [0.15, 0.2) is 17.5 Å². The second kappa shape index (κ2) is 9.80. The average Bonchev–Trinajstić information content (AvgIpc) is 2.65. The summed E-state index contributed by atoms with van der Waals surface area (Å²) in [5, 5.41) is 6.51. The Labute approximate surface area is 162 Å². The van der Waals surface area contributed by atoms with E-state index in [1.807, 2.05) is 25.1 Å². The number of ether oxygens (including phenoxy) is 2. The van der Waals surface area contributed by atoms with Crippen LogP contribution in [0.5, 0.6) is 11.5 Å². The Morgan fingerprint density at radius 3 is 2.44 bits per heavy atom. The van der Waals surface area contributed by atoms with Crippen LogP contribution in [0.4, 0.5) is 5.69 Å². The standard InChI is InChI=1S/C18H30N4O4S/c1-5-19-18(21-15-6-7-16(25-2)17(12-15)26-3)20-13-14-8-10-22(11-9-14)27(4,23)24/h6-7,12,14H,5,8-11,13H2,1-4H3,(H2,19,20,21). The lowest BCUT2D eigenvalue weighted by Crippen LogP contribution is -2.38. The number of anilines is 1. The molecule has 8 nitrogen and oxygen atoms in total. The highest BCUT2D eigenvalue weighted by Crippen LogP contribution is 2.29. The molecule has 0 radical (unpaired) electrons. The van der Waals surface area contributed by atoms with Gasteiger partial charge in [0.2, 0.25) is 10.0 Å². The van der Waals surface area contributed by atoms with Crippen LogP contribution >= 0.6 is 0 Å². The van der Waals surface area contributed by atoms with Crippen molar-refractivity contribution in [3.63, 3.8) is 0 Å². The van der Waals surface area contributed by atoms with E-state index in [-0.39, 0.29) is 0 Å². The normalized spacial score (nSPS) is 16.8. The van der Waals surface area contributed by atoms with Gasteiger partial charge < -0.3 is 20.1 Å². The summed E-state index contributed by atoms with van der Waals surface area (Å²) in [6.45, 7) is 4.54. The van der Waals surface area contributed by atoms with Crippen molar-refractivity contribution < 1.29 is 17.9 Å². The summed E-state index contributed by atoms with van der Waals surface area (Å²) < 4.78 is 35.3. The smallest absolute Gasteiger partial charge is 0.211 e. The zero-order valence-electron chi connectivity index (χ0n) is 16.5. The van der Waals surface area contributed by atoms with Gasteiger partial charge >= 0.3 is 0 Å². The molecule has 1 fully saturated rings. The minimum Gasteiger partial charge on any atom is -0.493 e. The van der Waals surface area contributed by atoms with Gasteiger partial charge in [-0.3, -0.25) is 4.99 Å². The first-order chi connectivity index (χ1) is 12.9. The van der Waals surface area contributed by atoms with Crippen LogP contribution in [0.2, 0.25) is 0 Å². The summed E-state index contributed by atoms with van der Waals surface area (Å²) >= 11 is 0. The van der Waals surface area contributed by atoms with Crippen LogP contribution in [0, 0.1) is 5.92 Å². The number of hydrogen-bond donors (Lipinski definition) is 2. The molecule has 0 atom stereocenters. The first-order valence-corrected chi connectivity index (χ1v) is 10.9. The number of piperidine rings is 1. The molecule has 0 saturated carbocycles. The van der Waals surface area contributed by atoms with Crippen LogP contribution in [-0.4, -0.2) is 65.3 Å². The Hall–Kier alpha value is -2.00. The third kappa shape index (κ3) is 6.28. The van der Waals surface area contributed by atoms with Crippen LogP contribution in [0.1, 0.15) is 19.8 Å². The third-order valence-corrected chi connectivity index (χ3v) is 5.84. The molecule has 0 amide bonds. The van der Waals surface area contributed by atoms with Gasteiger partial charge in [0.05, 0.1) is 20.5 Å². The van der Waals surface area contributed by atoms with Gasteiger partial charge in [-0.1, -0.05) is 0 Å². The molecule has 9 heteroatoms. The fourth-order valence-electron chi connectivity index (χ4n) is 3.00. The van der Waals surface area contributed by atoms with Crippen molar-refractivity contribution in [3.8, 4) is 11.5 Å². The molecule has 1 aliphatic heterocycles. The van der Waals surface area contributed by atoms with Crippen molar-refractivity contribution in [1.29, 1.82) is 0 Å². The Bertz CT molecular complexity index is 744. The zero-order chi connectivity index (χ0) is 19.9. The van der Waals surface area contributed by atoms with Crippen LogP contribution in [-0.2, 0) is 10.0 Å². The molecule has 0 bridgehead atoms. The summed E-state index contributed by atoms with van der Waals surface area (Å²) in [6.07, 6.45) is 2.92.